The van der Waals surface area contributed by atoms with E-state index < -0.39 is 11.5 Å². The van der Waals surface area contributed by atoms with Crippen molar-refractivity contribution in [2.45, 2.75) is 44.8 Å². The minimum atomic E-state index is -3.57. The molecule has 1 aromatic carbocycles. The quantitative estimate of drug-likeness (QED) is 0.596. The van der Waals surface area contributed by atoms with Crippen molar-refractivity contribution in [3.8, 4) is 5.75 Å². The molecule has 3 aromatic rings. The fourth-order valence-electron chi connectivity index (χ4n) is 4.16. The van der Waals surface area contributed by atoms with E-state index in [1.165, 1.54) is 6.07 Å². The molecule has 3 heterocycles. The Kier molecular flexibility index (Phi) is 5.03. The number of fused-ring (bicyclic) bond motifs is 2. The fraction of sp³-hybridized carbons (Fsp3) is 0.409. The smallest absolute Gasteiger partial charge is 0.306 e. The van der Waals surface area contributed by atoms with Gasteiger partial charge in [-0.2, -0.15) is 8.78 Å². The maximum absolute atomic E-state index is 16.0. The summed E-state index contributed by atoms with van der Waals surface area (Å²) in [4.78, 5) is 4.24. The van der Waals surface area contributed by atoms with Gasteiger partial charge in [-0.05, 0) is 48.2 Å². The molecule has 4 rings (SSSR count). The van der Waals surface area contributed by atoms with Crippen LogP contribution in [0, 0.1) is 5.92 Å². The number of alkyl halides is 2. The molecule has 1 atom stereocenters. The van der Waals surface area contributed by atoms with Crippen LogP contribution in [0.5, 0.6) is 5.75 Å². The second-order valence-corrected chi connectivity index (χ2v) is 8.53. The minimum absolute atomic E-state index is 0.0960. The molecule has 1 aliphatic heterocycles. The molecular weight excluding hydrogens is 398 g/mol. The van der Waals surface area contributed by atoms with E-state index in [4.69, 9.17) is 16.3 Å². The van der Waals surface area contributed by atoms with Gasteiger partial charge >= 0.3 is 5.92 Å². The topological polar surface area (TPSA) is 47.3 Å². The first kappa shape index (κ1) is 20.1. The number of benzene rings is 1. The Morgan fingerprint density at radius 3 is 2.86 bits per heavy atom. The molecule has 0 bridgehead atoms. The summed E-state index contributed by atoms with van der Waals surface area (Å²) in [6.07, 6.45) is 3.75. The van der Waals surface area contributed by atoms with E-state index in [1.807, 2.05) is 13.8 Å². The Morgan fingerprint density at radius 2 is 2.10 bits per heavy atom. The van der Waals surface area contributed by atoms with Crippen LogP contribution in [0.2, 0.25) is 5.02 Å². The Morgan fingerprint density at radius 1 is 1.31 bits per heavy atom. The van der Waals surface area contributed by atoms with Crippen LogP contribution in [0.25, 0.3) is 11.0 Å². The highest BCUT2D eigenvalue weighted by atomic mass is 35.5. The molecule has 4 nitrogen and oxygen atoms in total. The summed E-state index contributed by atoms with van der Waals surface area (Å²) in [5.41, 5.74) is -0.662. The highest BCUT2D eigenvalue weighted by Crippen LogP contribution is 2.49. The predicted molar refractivity (Wildman–Crippen MR) is 109 cm³/mol. The van der Waals surface area contributed by atoms with E-state index in [-0.39, 0.29) is 35.2 Å². The van der Waals surface area contributed by atoms with Gasteiger partial charge in [0.25, 0.3) is 0 Å². The van der Waals surface area contributed by atoms with Gasteiger partial charge in [0.05, 0.1) is 29.7 Å². The zero-order valence-corrected chi connectivity index (χ0v) is 17.1. The molecule has 0 saturated carbocycles. The van der Waals surface area contributed by atoms with Crippen LogP contribution < -0.4 is 4.74 Å². The minimum Gasteiger partial charge on any atom is -0.492 e. The average Bonchev–Trinajstić information content (AvgIpc) is 3.27. The zero-order chi connectivity index (χ0) is 20.8. The molecular formula is C22H23ClF2N2O2. The normalized spacial score (nSPS) is 16.1. The maximum Gasteiger partial charge on any atom is 0.306 e. The highest BCUT2D eigenvalue weighted by Gasteiger charge is 2.56. The summed E-state index contributed by atoms with van der Waals surface area (Å²) >= 11 is 6.13. The number of rotatable bonds is 6. The van der Waals surface area contributed by atoms with Crippen LogP contribution >= 0.6 is 11.6 Å². The Labute approximate surface area is 173 Å². The van der Waals surface area contributed by atoms with Gasteiger partial charge in [0.1, 0.15) is 5.75 Å². The summed E-state index contributed by atoms with van der Waals surface area (Å²) in [6, 6.07) is 8.17. The molecule has 0 radical (unpaired) electrons. The largest absolute Gasteiger partial charge is 0.492 e. The molecule has 29 heavy (non-hydrogen) atoms. The summed E-state index contributed by atoms with van der Waals surface area (Å²) in [6.45, 7) is 3.68. The lowest BCUT2D eigenvalue weighted by atomic mass is 9.82. The molecule has 2 aromatic heterocycles. The lowest BCUT2D eigenvalue weighted by Gasteiger charge is -2.38. The highest BCUT2D eigenvalue weighted by molar-refractivity contribution is 6.30. The summed E-state index contributed by atoms with van der Waals surface area (Å²) in [5.74, 6) is -3.59. The van der Waals surface area contributed by atoms with Gasteiger partial charge in [-0.3, -0.25) is 4.98 Å². The molecule has 7 heteroatoms. The Bertz CT molecular complexity index is 1050. The van der Waals surface area contributed by atoms with Crippen molar-refractivity contribution in [1.82, 2.24) is 9.55 Å². The Balaban J connectivity index is 1.82. The van der Waals surface area contributed by atoms with Crippen molar-refractivity contribution >= 4 is 22.6 Å². The SMILES string of the molecule is CC(C)CC(O)(Cn1ccc2ncccc21)C(F)(F)c1cc(Cl)cc2c1OCC2. The molecule has 0 fully saturated rings. The second kappa shape index (κ2) is 7.26. The van der Waals surface area contributed by atoms with Gasteiger partial charge in [-0.1, -0.05) is 25.4 Å². The number of hydrogen-bond acceptors (Lipinski definition) is 3. The van der Waals surface area contributed by atoms with Crippen LogP contribution in [0.4, 0.5) is 8.78 Å². The lowest BCUT2D eigenvalue weighted by molar-refractivity contribution is -0.203. The van der Waals surface area contributed by atoms with Gasteiger partial charge in [0.2, 0.25) is 0 Å². The predicted octanol–water partition coefficient (Wildman–Crippen LogP) is 5.19. The number of aliphatic hydroxyl groups is 1. The number of ether oxygens (including phenoxy) is 1. The number of halogens is 3. The number of aromatic nitrogens is 2. The van der Waals surface area contributed by atoms with E-state index in [0.717, 1.165) is 0 Å². The van der Waals surface area contributed by atoms with Crippen molar-refractivity contribution in [1.29, 1.82) is 0 Å². The first-order chi connectivity index (χ1) is 13.7. The second-order valence-electron chi connectivity index (χ2n) is 8.10. The van der Waals surface area contributed by atoms with Crippen molar-refractivity contribution in [2.24, 2.45) is 5.92 Å². The van der Waals surface area contributed by atoms with Gasteiger partial charge in [-0.25, -0.2) is 0 Å². The number of hydrogen-bond donors (Lipinski definition) is 1. The molecule has 1 N–H and O–H groups in total. The fourth-order valence-corrected chi connectivity index (χ4v) is 4.40. The van der Waals surface area contributed by atoms with Crippen molar-refractivity contribution in [2.75, 3.05) is 6.61 Å². The van der Waals surface area contributed by atoms with Crippen LogP contribution in [-0.2, 0) is 18.9 Å². The van der Waals surface area contributed by atoms with E-state index in [9.17, 15) is 5.11 Å². The summed E-state index contributed by atoms with van der Waals surface area (Å²) in [5, 5.41) is 11.6. The third-order valence-electron chi connectivity index (χ3n) is 5.39. The molecule has 0 saturated heterocycles. The van der Waals surface area contributed by atoms with Gasteiger partial charge in [0, 0.05) is 23.8 Å². The summed E-state index contributed by atoms with van der Waals surface area (Å²) in [7, 11) is 0. The molecule has 1 unspecified atom stereocenters. The van der Waals surface area contributed by atoms with Crippen molar-refractivity contribution in [3.05, 3.63) is 58.9 Å². The van der Waals surface area contributed by atoms with E-state index in [1.54, 1.807) is 41.2 Å². The molecule has 0 amide bonds. The van der Waals surface area contributed by atoms with E-state index in [2.05, 4.69) is 4.98 Å². The third kappa shape index (κ3) is 3.49. The van der Waals surface area contributed by atoms with Crippen LogP contribution in [0.15, 0.2) is 42.7 Å². The molecule has 0 aliphatic carbocycles. The maximum atomic E-state index is 16.0. The summed E-state index contributed by atoms with van der Waals surface area (Å²) < 4.78 is 39.1. The van der Waals surface area contributed by atoms with Crippen LogP contribution in [0.1, 0.15) is 31.4 Å². The Hall–Kier alpha value is -2.18. The van der Waals surface area contributed by atoms with Crippen molar-refractivity contribution < 1.29 is 18.6 Å². The monoisotopic (exact) mass is 420 g/mol. The molecule has 154 valence electrons. The average molecular weight is 421 g/mol. The van der Waals surface area contributed by atoms with Crippen molar-refractivity contribution in [3.63, 3.8) is 0 Å². The molecule has 0 spiro atoms. The zero-order valence-electron chi connectivity index (χ0n) is 16.3. The van der Waals surface area contributed by atoms with E-state index in [0.29, 0.717) is 29.6 Å². The first-order valence-corrected chi connectivity index (χ1v) is 10.0. The lowest BCUT2D eigenvalue weighted by Crippen LogP contribution is -2.50. The van der Waals surface area contributed by atoms with Gasteiger partial charge in [-0.15, -0.1) is 0 Å². The molecule has 1 aliphatic rings. The van der Waals surface area contributed by atoms with Crippen LogP contribution in [0.3, 0.4) is 0 Å². The number of pyridine rings is 1. The van der Waals surface area contributed by atoms with Gasteiger partial charge < -0.3 is 14.4 Å². The first-order valence-electron chi connectivity index (χ1n) is 9.67. The van der Waals surface area contributed by atoms with Crippen LogP contribution in [-0.4, -0.2) is 26.9 Å². The van der Waals surface area contributed by atoms with E-state index >= 15 is 8.78 Å². The standard InChI is InChI=1S/C22H23ClF2N2O2/c1-14(2)12-21(28,13-27-8-5-18-19(27)4-3-7-26-18)22(24,25)17-11-16(23)10-15-6-9-29-20(15)17/h3-5,7-8,10-11,14,28H,6,9,12-13H2,1-2H3. The number of nitrogens with zero attached hydrogens (tertiary/aromatic N) is 2. The third-order valence-corrected chi connectivity index (χ3v) is 5.61. The van der Waals surface area contributed by atoms with Gasteiger partial charge in [0.15, 0.2) is 5.60 Å².